The molecule has 1 atom stereocenters. The van der Waals surface area contributed by atoms with E-state index >= 15 is 0 Å². The summed E-state index contributed by atoms with van der Waals surface area (Å²) in [6, 6.07) is 0. The predicted molar refractivity (Wildman–Crippen MR) is 43.6 cm³/mol. The lowest BCUT2D eigenvalue weighted by atomic mass is 10.1. The van der Waals surface area contributed by atoms with Crippen LogP contribution < -0.4 is 0 Å². The first-order chi connectivity index (χ1) is 5.81. The smallest absolute Gasteiger partial charge is 0.152 e. The lowest BCUT2D eigenvalue weighted by molar-refractivity contribution is -0.0265. The molecule has 0 saturated carbocycles. The summed E-state index contributed by atoms with van der Waals surface area (Å²) in [5.74, 6) is 0.763. The first-order valence-corrected chi connectivity index (χ1v) is 4.56. The van der Waals surface area contributed by atoms with Gasteiger partial charge in [-0.05, 0) is 19.3 Å². The highest BCUT2D eigenvalue weighted by Gasteiger charge is 2.32. The Balaban J connectivity index is 2.19. The van der Waals surface area contributed by atoms with Gasteiger partial charge >= 0.3 is 0 Å². The molecule has 0 aliphatic carbocycles. The highest BCUT2D eigenvalue weighted by molar-refractivity contribution is 6.14. The third-order valence-electron chi connectivity index (χ3n) is 2.07. The number of aromatic amines is 1. The molecular formula is C7H10N3OSi. The van der Waals surface area contributed by atoms with Gasteiger partial charge in [0.1, 0.15) is 11.6 Å². The molecule has 1 aliphatic heterocycles. The minimum atomic E-state index is -0.422. The van der Waals surface area contributed by atoms with Crippen LogP contribution in [0.2, 0.25) is 0 Å². The van der Waals surface area contributed by atoms with E-state index in [1.54, 1.807) is 0 Å². The van der Waals surface area contributed by atoms with Crippen LogP contribution in [0, 0.1) is 0 Å². The molecule has 0 amide bonds. The maximum atomic E-state index is 5.59. The van der Waals surface area contributed by atoms with E-state index < -0.39 is 5.22 Å². The van der Waals surface area contributed by atoms with Gasteiger partial charge in [0.05, 0.1) is 10.2 Å². The van der Waals surface area contributed by atoms with E-state index in [0.29, 0.717) is 0 Å². The van der Waals surface area contributed by atoms with Gasteiger partial charge in [0.25, 0.3) is 0 Å². The van der Waals surface area contributed by atoms with Gasteiger partial charge in [-0.25, -0.2) is 4.98 Å². The van der Waals surface area contributed by atoms with E-state index in [9.17, 15) is 0 Å². The summed E-state index contributed by atoms with van der Waals surface area (Å²) in [4.78, 5) is 4.07. The molecule has 3 radical (unpaired) electrons. The Kier molecular flexibility index (Phi) is 1.98. The monoisotopic (exact) mass is 180 g/mol. The van der Waals surface area contributed by atoms with Crippen LogP contribution in [-0.4, -0.2) is 32.0 Å². The molecular weight excluding hydrogens is 170 g/mol. The highest BCUT2D eigenvalue weighted by Crippen LogP contribution is 2.28. The van der Waals surface area contributed by atoms with Crippen molar-refractivity contribution in [3.05, 3.63) is 12.2 Å². The van der Waals surface area contributed by atoms with Gasteiger partial charge in [-0.1, -0.05) is 0 Å². The van der Waals surface area contributed by atoms with Crippen LogP contribution in [0.5, 0.6) is 0 Å². The lowest BCUT2D eigenvalue weighted by Gasteiger charge is -2.31. The summed E-state index contributed by atoms with van der Waals surface area (Å²) in [6.45, 7) is 0.782. The summed E-state index contributed by atoms with van der Waals surface area (Å²) < 4.78 is 5.59. The molecule has 1 aromatic heterocycles. The van der Waals surface area contributed by atoms with E-state index in [1.165, 1.54) is 6.33 Å². The average Bonchev–Trinajstić information content (AvgIpc) is 2.58. The molecule has 0 aromatic carbocycles. The zero-order valence-electron chi connectivity index (χ0n) is 6.71. The van der Waals surface area contributed by atoms with Crippen LogP contribution >= 0.6 is 0 Å². The molecule has 12 heavy (non-hydrogen) atoms. The summed E-state index contributed by atoms with van der Waals surface area (Å²) in [7, 11) is 3.58. The normalized spacial score (nSPS) is 30.4. The quantitative estimate of drug-likeness (QED) is 0.633. The standard InChI is InChI=1S/C7H10N3OSi/c12-7(3-1-2-4-11-7)6-8-5-9-10-6/h5H,1-4H2,(H,8,9,10). The second-order valence-corrected chi connectivity index (χ2v) is 3.77. The molecule has 0 bridgehead atoms. The summed E-state index contributed by atoms with van der Waals surface area (Å²) in [5.41, 5.74) is 0. The number of rotatable bonds is 1. The Morgan fingerprint density at radius 3 is 3.08 bits per heavy atom. The van der Waals surface area contributed by atoms with Gasteiger partial charge < -0.3 is 4.74 Å². The van der Waals surface area contributed by atoms with Crippen LogP contribution in [0.3, 0.4) is 0 Å². The number of aromatic nitrogens is 3. The fraction of sp³-hybridized carbons (Fsp3) is 0.714. The molecule has 2 heterocycles. The summed E-state index contributed by atoms with van der Waals surface area (Å²) >= 11 is 0. The zero-order valence-corrected chi connectivity index (χ0v) is 7.71. The number of H-pyrrole nitrogens is 1. The number of ether oxygens (including phenoxy) is 1. The number of hydrogen-bond acceptors (Lipinski definition) is 3. The number of hydrogen-bond donors (Lipinski definition) is 1. The largest absolute Gasteiger partial charge is 0.372 e. The van der Waals surface area contributed by atoms with Crippen LogP contribution in [0.1, 0.15) is 25.1 Å². The molecule has 1 fully saturated rings. The molecule has 2 rings (SSSR count). The number of nitrogens with one attached hydrogen (secondary N) is 1. The molecule has 4 nitrogen and oxygen atoms in total. The van der Waals surface area contributed by atoms with Crippen molar-refractivity contribution in [3.8, 4) is 0 Å². The maximum Gasteiger partial charge on any atom is 0.152 e. The molecule has 1 unspecified atom stereocenters. The number of nitrogens with zero attached hydrogens (tertiary/aromatic N) is 2. The van der Waals surface area contributed by atoms with Crippen molar-refractivity contribution >= 4 is 10.2 Å². The molecule has 63 valence electrons. The Labute approximate surface area is 74.2 Å². The van der Waals surface area contributed by atoms with E-state index in [4.69, 9.17) is 4.74 Å². The lowest BCUT2D eigenvalue weighted by Crippen LogP contribution is -2.35. The van der Waals surface area contributed by atoms with Crippen LogP contribution in [0.15, 0.2) is 6.33 Å². The first kappa shape index (κ1) is 7.94. The minimum Gasteiger partial charge on any atom is -0.372 e. The summed E-state index contributed by atoms with van der Waals surface area (Å²) in [6.07, 6.45) is 4.72. The van der Waals surface area contributed by atoms with Crippen molar-refractivity contribution in [2.24, 2.45) is 0 Å². The van der Waals surface area contributed by atoms with Gasteiger partial charge in [0, 0.05) is 6.61 Å². The predicted octanol–water partition coefficient (Wildman–Crippen LogP) is 0.326. The van der Waals surface area contributed by atoms with Crippen LogP contribution in [-0.2, 0) is 9.96 Å². The van der Waals surface area contributed by atoms with Crippen molar-refractivity contribution in [2.45, 2.75) is 24.5 Å². The van der Waals surface area contributed by atoms with E-state index in [1.807, 2.05) is 0 Å². The molecule has 1 aromatic rings. The molecule has 0 spiro atoms. The van der Waals surface area contributed by atoms with E-state index in [0.717, 1.165) is 31.7 Å². The van der Waals surface area contributed by atoms with Gasteiger partial charge in [-0.15, -0.1) is 0 Å². The Morgan fingerprint density at radius 1 is 1.58 bits per heavy atom. The van der Waals surface area contributed by atoms with Crippen LogP contribution in [0.4, 0.5) is 0 Å². The van der Waals surface area contributed by atoms with E-state index in [2.05, 4.69) is 25.4 Å². The van der Waals surface area contributed by atoms with Gasteiger partial charge in [0.2, 0.25) is 0 Å². The molecule has 1 N–H and O–H groups in total. The van der Waals surface area contributed by atoms with E-state index in [-0.39, 0.29) is 0 Å². The summed E-state index contributed by atoms with van der Waals surface area (Å²) in [5, 5.41) is 6.19. The highest BCUT2D eigenvalue weighted by atomic mass is 28.1. The van der Waals surface area contributed by atoms with Crippen molar-refractivity contribution in [1.82, 2.24) is 15.2 Å². The SMILES string of the molecule is [Si]C1(c2ncn[nH]2)CCCCO1. The molecule has 1 saturated heterocycles. The van der Waals surface area contributed by atoms with Crippen molar-refractivity contribution in [1.29, 1.82) is 0 Å². The third-order valence-corrected chi connectivity index (χ3v) is 2.70. The minimum absolute atomic E-state index is 0.422. The van der Waals surface area contributed by atoms with Crippen molar-refractivity contribution in [3.63, 3.8) is 0 Å². The van der Waals surface area contributed by atoms with Crippen molar-refractivity contribution in [2.75, 3.05) is 6.61 Å². The Hall–Kier alpha value is -0.683. The zero-order chi connectivity index (χ0) is 8.44. The first-order valence-electron chi connectivity index (χ1n) is 4.06. The fourth-order valence-corrected chi connectivity index (χ4v) is 1.78. The second kappa shape index (κ2) is 2.99. The van der Waals surface area contributed by atoms with Crippen LogP contribution in [0.25, 0.3) is 0 Å². The fourth-order valence-electron chi connectivity index (χ4n) is 1.38. The molecule has 5 heteroatoms. The molecule has 1 aliphatic rings. The Bertz CT molecular complexity index is 243. The second-order valence-electron chi connectivity index (χ2n) is 2.97. The average molecular weight is 180 g/mol. The third kappa shape index (κ3) is 1.29. The van der Waals surface area contributed by atoms with Gasteiger partial charge in [0.15, 0.2) is 5.82 Å². The van der Waals surface area contributed by atoms with Gasteiger partial charge in [-0.2, -0.15) is 5.10 Å². The Morgan fingerprint density at radius 2 is 2.50 bits per heavy atom. The van der Waals surface area contributed by atoms with Gasteiger partial charge in [-0.3, -0.25) is 5.10 Å². The topological polar surface area (TPSA) is 50.8 Å². The maximum absolute atomic E-state index is 5.59. The van der Waals surface area contributed by atoms with Crippen molar-refractivity contribution < 1.29 is 4.74 Å².